The highest BCUT2D eigenvalue weighted by atomic mass is 15.5. The van der Waals surface area contributed by atoms with Crippen molar-refractivity contribution in [3.8, 4) is 0 Å². The summed E-state index contributed by atoms with van der Waals surface area (Å²) in [5.41, 5.74) is 8.71. The van der Waals surface area contributed by atoms with Gasteiger partial charge in [-0.3, -0.25) is 0 Å². The van der Waals surface area contributed by atoms with Crippen LogP contribution in [-0.4, -0.2) is 13.3 Å². The number of aryl methyl sites for hydroxylation is 1. The van der Waals surface area contributed by atoms with Gasteiger partial charge in [0.05, 0.1) is 13.3 Å². The first kappa shape index (κ1) is 7.58. The van der Waals surface area contributed by atoms with Crippen LogP contribution in [0, 0.1) is 6.92 Å². The van der Waals surface area contributed by atoms with Crippen LogP contribution in [0.3, 0.4) is 0 Å². The van der Waals surface area contributed by atoms with Gasteiger partial charge in [0.2, 0.25) is 0 Å². The molecule has 1 aromatic rings. The van der Waals surface area contributed by atoms with Gasteiger partial charge in [-0.1, -0.05) is 12.1 Å². The lowest BCUT2D eigenvalue weighted by molar-refractivity contribution is 0.689. The van der Waals surface area contributed by atoms with E-state index in [2.05, 4.69) is 46.9 Å². The molecule has 0 unspecified atom stereocenters. The zero-order valence-corrected chi connectivity index (χ0v) is 7.17. The van der Waals surface area contributed by atoms with Crippen LogP contribution in [0.1, 0.15) is 5.56 Å². The number of nitrogens with zero attached hydrogens (tertiary/aromatic N) is 1. The third-order valence-electron chi connectivity index (χ3n) is 2.03. The molecule has 1 aliphatic heterocycles. The maximum atomic E-state index is 3.07. The summed E-state index contributed by atoms with van der Waals surface area (Å²) in [5, 5.41) is 0. The summed E-state index contributed by atoms with van der Waals surface area (Å²) in [5.74, 6) is 0. The number of hydrazine groups is 1. The topological polar surface area (TPSA) is 27.3 Å². The maximum Gasteiger partial charge on any atom is 0.0824 e. The van der Waals surface area contributed by atoms with Crippen LogP contribution in [0.25, 0.3) is 0 Å². The smallest absolute Gasteiger partial charge is 0.0824 e. The second kappa shape index (κ2) is 3.13. The van der Waals surface area contributed by atoms with Crippen LogP contribution in [0.4, 0.5) is 5.69 Å². The molecule has 0 aromatic heterocycles. The van der Waals surface area contributed by atoms with Gasteiger partial charge in [-0.15, -0.1) is 0 Å². The fraction of sp³-hybridized carbons (Fsp3) is 0.333. The molecule has 1 aliphatic rings. The van der Waals surface area contributed by atoms with E-state index in [9.17, 15) is 0 Å². The minimum Gasteiger partial charge on any atom is -0.344 e. The molecule has 3 heteroatoms. The van der Waals surface area contributed by atoms with Crippen molar-refractivity contribution in [3.63, 3.8) is 0 Å². The summed E-state index contributed by atoms with van der Waals surface area (Å²) < 4.78 is 0. The Morgan fingerprint density at radius 2 is 2.00 bits per heavy atom. The summed E-state index contributed by atoms with van der Waals surface area (Å²) in [6.07, 6.45) is 0. The van der Waals surface area contributed by atoms with E-state index in [1.165, 1.54) is 11.3 Å². The Morgan fingerprint density at radius 3 is 2.67 bits per heavy atom. The lowest BCUT2D eigenvalue weighted by Gasteiger charge is -2.15. The molecule has 0 bridgehead atoms. The quantitative estimate of drug-likeness (QED) is 0.642. The van der Waals surface area contributed by atoms with Crippen LogP contribution in [0.5, 0.6) is 0 Å². The van der Waals surface area contributed by atoms with E-state index in [1.807, 2.05) is 0 Å². The van der Waals surface area contributed by atoms with E-state index < -0.39 is 0 Å². The molecule has 2 rings (SSSR count). The van der Waals surface area contributed by atoms with Gasteiger partial charge in [-0.2, -0.15) is 0 Å². The molecule has 0 radical (unpaired) electrons. The Hall–Kier alpha value is -1.06. The first-order valence-corrected chi connectivity index (χ1v) is 4.13. The Balaban J connectivity index is 2.21. The number of hydrogen-bond acceptors (Lipinski definition) is 3. The largest absolute Gasteiger partial charge is 0.344 e. The molecular weight excluding hydrogens is 150 g/mol. The molecule has 0 saturated carbocycles. The number of hydrogen-bond donors (Lipinski definition) is 2. The Bertz CT molecular complexity index is 266. The summed E-state index contributed by atoms with van der Waals surface area (Å²) in [7, 11) is 0. The highest BCUT2D eigenvalue weighted by Crippen LogP contribution is 2.14. The lowest BCUT2D eigenvalue weighted by atomic mass is 10.2. The molecule has 0 amide bonds. The van der Waals surface area contributed by atoms with Crippen molar-refractivity contribution in [3.05, 3.63) is 29.8 Å². The second-order valence-electron chi connectivity index (χ2n) is 3.05. The van der Waals surface area contributed by atoms with Gasteiger partial charge < -0.3 is 4.90 Å². The van der Waals surface area contributed by atoms with Gasteiger partial charge in [-0.05, 0) is 24.6 Å². The summed E-state index contributed by atoms with van der Waals surface area (Å²) in [6.45, 7) is 3.87. The first-order chi connectivity index (χ1) is 5.86. The van der Waals surface area contributed by atoms with Gasteiger partial charge in [0.25, 0.3) is 0 Å². The van der Waals surface area contributed by atoms with Gasteiger partial charge >= 0.3 is 0 Å². The molecule has 12 heavy (non-hydrogen) atoms. The molecule has 1 aromatic carbocycles. The molecule has 0 aliphatic carbocycles. The fourth-order valence-corrected chi connectivity index (χ4v) is 1.37. The zero-order valence-electron chi connectivity index (χ0n) is 7.17. The minimum atomic E-state index is 0.878. The molecule has 2 N–H and O–H groups in total. The van der Waals surface area contributed by atoms with E-state index in [0.29, 0.717) is 0 Å². The predicted molar refractivity (Wildman–Crippen MR) is 49.7 cm³/mol. The van der Waals surface area contributed by atoms with Crippen LogP contribution < -0.4 is 15.8 Å². The Labute approximate surface area is 72.4 Å². The van der Waals surface area contributed by atoms with Crippen molar-refractivity contribution in [1.82, 2.24) is 10.9 Å². The lowest BCUT2D eigenvalue weighted by Crippen LogP contribution is -2.21. The van der Waals surface area contributed by atoms with Gasteiger partial charge in [-0.25, -0.2) is 10.9 Å². The van der Waals surface area contributed by atoms with Crippen molar-refractivity contribution >= 4 is 5.69 Å². The van der Waals surface area contributed by atoms with E-state index >= 15 is 0 Å². The fourth-order valence-electron chi connectivity index (χ4n) is 1.37. The molecule has 0 spiro atoms. The number of rotatable bonds is 1. The Morgan fingerprint density at radius 1 is 1.25 bits per heavy atom. The van der Waals surface area contributed by atoms with Crippen molar-refractivity contribution in [1.29, 1.82) is 0 Å². The molecule has 1 heterocycles. The van der Waals surface area contributed by atoms with E-state index in [-0.39, 0.29) is 0 Å². The molecule has 64 valence electrons. The van der Waals surface area contributed by atoms with Crippen molar-refractivity contribution in [2.75, 3.05) is 18.2 Å². The molecule has 1 fully saturated rings. The monoisotopic (exact) mass is 163 g/mol. The predicted octanol–water partition coefficient (Wildman–Crippen LogP) is 0.824. The van der Waals surface area contributed by atoms with Crippen LogP contribution >= 0.6 is 0 Å². The normalized spacial score (nSPS) is 16.9. The highest BCUT2D eigenvalue weighted by Gasteiger charge is 2.09. The third-order valence-corrected chi connectivity index (χ3v) is 2.03. The van der Waals surface area contributed by atoms with Crippen molar-refractivity contribution < 1.29 is 0 Å². The van der Waals surface area contributed by atoms with Crippen LogP contribution in [0.2, 0.25) is 0 Å². The minimum absolute atomic E-state index is 0.878. The Kier molecular flexibility index (Phi) is 1.98. The summed E-state index contributed by atoms with van der Waals surface area (Å²) >= 11 is 0. The molecule has 3 nitrogen and oxygen atoms in total. The van der Waals surface area contributed by atoms with Crippen LogP contribution in [0.15, 0.2) is 24.3 Å². The van der Waals surface area contributed by atoms with Crippen molar-refractivity contribution in [2.24, 2.45) is 0 Å². The van der Waals surface area contributed by atoms with Crippen molar-refractivity contribution in [2.45, 2.75) is 6.92 Å². The highest BCUT2D eigenvalue weighted by molar-refractivity contribution is 5.48. The number of anilines is 1. The average molecular weight is 163 g/mol. The van der Waals surface area contributed by atoms with E-state index in [1.54, 1.807) is 0 Å². The zero-order chi connectivity index (χ0) is 8.39. The van der Waals surface area contributed by atoms with Gasteiger partial charge in [0, 0.05) is 5.69 Å². The molecule has 1 saturated heterocycles. The molecular formula is C9H13N3. The summed E-state index contributed by atoms with van der Waals surface area (Å²) in [6, 6.07) is 8.51. The number of benzene rings is 1. The van der Waals surface area contributed by atoms with Gasteiger partial charge in [0.15, 0.2) is 0 Å². The second-order valence-corrected chi connectivity index (χ2v) is 3.05. The number of nitrogens with one attached hydrogen (secondary N) is 2. The SMILES string of the molecule is Cc1cccc(N2CNNC2)c1. The summed E-state index contributed by atoms with van der Waals surface area (Å²) in [4.78, 5) is 2.24. The molecule has 0 atom stereocenters. The third kappa shape index (κ3) is 1.42. The van der Waals surface area contributed by atoms with E-state index in [4.69, 9.17) is 0 Å². The standard InChI is InChI=1S/C9H13N3/c1-8-3-2-4-9(5-8)12-6-10-11-7-12/h2-5,10-11H,6-7H2,1H3. The maximum absolute atomic E-state index is 3.07. The first-order valence-electron chi connectivity index (χ1n) is 4.13. The van der Waals surface area contributed by atoms with Gasteiger partial charge in [0.1, 0.15) is 0 Å². The average Bonchev–Trinajstić information content (AvgIpc) is 2.56. The van der Waals surface area contributed by atoms with Crippen LogP contribution in [-0.2, 0) is 0 Å². The van der Waals surface area contributed by atoms with E-state index in [0.717, 1.165) is 13.3 Å².